The van der Waals surface area contributed by atoms with Crippen LogP contribution in [0.5, 0.6) is 0 Å². The van der Waals surface area contributed by atoms with Gasteiger partial charge in [-0.1, -0.05) is 30.5 Å². The van der Waals surface area contributed by atoms with Crippen LogP contribution in [-0.4, -0.2) is 55.1 Å². The quantitative estimate of drug-likeness (QED) is 0.684. The summed E-state index contributed by atoms with van der Waals surface area (Å²) in [5.74, 6) is 0.394. The van der Waals surface area contributed by atoms with Crippen LogP contribution in [0.25, 0.3) is 0 Å². The first-order chi connectivity index (χ1) is 13.1. The third kappa shape index (κ3) is 5.82. The number of carbonyl (C=O) groups excluding carboxylic acids is 1. The van der Waals surface area contributed by atoms with Gasteiger partial charge in [0.15, 0.2) is 0 Å². The molecule has 1 amide bonds. The van der Waals surface area contributed by atoms with Gasteiger partial charge < -0.3 is 9.64 Å². The summed E-state index contributed by atoms with van der Waals surface area (Å²) < 4.78 is 19.2. The molecule has 2 fully saturated rings. The molecule has 0 spiro atoms. The van der Waals surface area contributed by atoms with Crippen LogP contribution in [0.4, 0.5) is 4.39 Å². The third-order valence-corrected chi connectivity index (χ3v) is 6.36. The minimum absolute atomic E-state index is 0. The molecule has 0 N–H and O–H groups in total. The number of ether oxygens (including phenoxy) is 1. The zero-order chi connectivity index (χ0) is 19.2. The lowest BCUT2D eigenvalue weighted by molar-refractivity contribution is -0.139. The van der Waals surface area contributed by atoms with Gasteiger partial charge in [0.1, 0.15) is 12.4 Å². The summed E-state index contributed by atoms with van der Waals surface area (Å²) in [6.07, 6.45) is 6.61. The van der Waals surface area contributed by atoms with Gasteiger partial charge in [0.2, 0.25) is 5.91 Å². The molecule has 158 valence electrons. The van der Waals surface area contributed by atoms with Crippen LogP contribution in [0.1, 0.15) is 44.1 Å². The largest absolute Gasteiger partial charge is 0.375 e. The van der Waals surface area contributed by atoms with Crippen LogP contribution in [0, 0.1) is 11.7 Å². The fourth-order valence-corrected chi connectivity index (χ4v) is 4.77. The Morgan fingerprint density at radius 1 is 1.18 bits per heavy atom. The molecule has 0 aliphatic carbocycles. The van der Waals surface area contributed by atoms with E-state index >= 15 is 0 Å². The first-order valence-corrected chi connectivity index (χ1v) is 10.4. The van der Waals surface area contributed by atoms with E-state index in [0.29, 0.717) is 29.1 Å². The van der Waals surface area contributed by atoms with Crippen molar-refractivity contribution in [2.45, 2.75) is 51.1 Å². The van der Waals surface area contributed by atoms with Crippen molar-refractivity contribution in [1.82, 2.24) is 9.80 Å². The summed E-state index contributed by atoms with van der Waals surface area (Å²) >= 11 is 6.18. The molecule has 1 aromatic rings. The summed E-state index contributed by atoms with van der Waals surface area (Å²) in [7, 11) is 1.58. The second-order valence-corrected chi connectivity index (χ2v) is 8.16. The Bertz CT molecular complexity index is 619. The third-order valence-electron chi connectivity index (χ3n) is 6.01. The van der Waals surface area contributed by atoms with E-state index in [1.807, 2.05) is 0 Å². The highest BCUT2D eigenvalue weighted by atomic mass is 35.5. The maximum atomic E-state index is 14.1. The molecule has 1 unspecified atom stereocenters. The molecule has 1 atom stereocenters. The molecular weight excluding hydrogens is 402 g/mol. The number of halogens is 3. The Hall–Kier alpha value is -0.880. The number of hydrogen-bond donors (Lipinski definition) is 0. The van der Waals surface area contributed by atoms with E-state index in [9.17, 15) is 9.18 Å². The molecule has 2 saturated heterocycles. The highest BCUT2D eigenvalue weighted by Gasteiger charge is 2.34. The summed E-state index contributed by atoms with van der Waals surface area (Å²) in [5, 5.41) is 0.497. The predicted octanol–water partition coefficient (Wildman–Crippen LogP) is 4.53. The van der Waals surface area contributed by atoms with E-state index in [1.165, 1.54) is 18.9 Å². The van der Waals surface area contributed by atoms with Crippen molar-refractivity contribution in [1.29, 1.82) is 0 Å². The SMILES string of the molecule is COCC(=O)N1CCCCCC1C1CCN(Cc2c(F)cccc2Cl)CC1.Cl. The molecule has 0 aromatic heterocycles. The van der Waals surface area contributed by atoms with Gasteiger partial charge in [0.25, 0.3) is 0 Å². The number of hydrogen-bond acceptors (Lipinski definition) is 3. The van der Waals surface area contributed by atoms with Gasteiger partial charge in [0, 0.05) is 36.8 Å². The van der Waals surface area contributed by atoms with E-state index in [1.54, 1.807) is 19.2 Å². The van der Waals surface area contributed by atoms with Crippen molar-refractivity contribution < 1.29 is 13.9 Å². The van der Waals surface area contributed by atoms with E-state index in [0.717, 1.165) is 45.3 Å². The van der Waals surface area contributed by atoms with Crippen LogP contribution in [0.3, 0.4) is 0 Å². The smallest absolute Gasteiger partial charge is 0.248 e. The standard InChI is InChI=1S/C21H30ClFN2O2.ClH/c1-27-15-21(26)25-11-4-2-3-8-20(25)16-9-12-24(13-10-16)14-17-18(22)6-5-7-19(17)23;/h5-7,16,20H,2-4,8-15H2,1H3;1H. The van der Waals surface area contributed by atoms with Gasteiger partial charge in [-0.25, -0.2) is 4.39 Å². The molecule has 2 aliphatic rings. The van der Waals surface area contributed by atoms with Crippen molar-refractivity contribution in [3.8, 4) is 0 Å². The fourth-order valence-electron chi connectivity index (χ4n) is 4.54. The van der Waals surface area contributed by atoms with Crippen molar-refractivity contribution in [3.63, 3.8) is 0 Å². The fraction of sp³-hybridized carbons (Fsp3) is 0.667. The van der Waals surface area contributed by atoms with Crippen molar-refractivity contribution in [2.75, 3.05) is 33.4 Å². The van der Waals surface area contributed by atoms with E-state index < -0.39 is 0 Å². The van der Waals surface area contributed by atoms with Crippen molar-refractivity contribution in [2.24, 2.45) is 5.92 Å². The molecule has 28 heavy (non-hydrogen) atoms. The summed E-state index contributed by atoms with van der Waals surface area (Å²) in [5.41, 5.74) is 0.587. The zero-order valence-electron chi connectivity index (χ0n) is 16.5. The molecule has 7 heteroatoms. The van der Waals surface area contributed by atoms with Crippen molar-refractivity contribution >= 4 is 29.9 Å². The number of amides is 1. The van der Waals surface area contributed by atoms with E-state index in [2.05, 4.69) is 9.80 Å². The minimum atomic E-state index is -0.232. The summed E-state index contributed by atoms with van der Waals surface area (Å²) in [6.45, 7) is 3.39. The average Bonchev–Trinajstić information content (AvgIpc) is 2.92. The van der Waals surface area contributed by atoms with Crippen LogP contribution < -0.4 is 0 Å². The monoisotopic (exact) mass is 432 g/mol. The number of carbonyl (C=O) groups is 1. The number of rotatable bonds is 5. The number of piperidine rings is 1. The summed E-state index contributed by atoms with van der Waals surface area (Å²) in [4.78, 5) is 16.9. The molecular formula is C21H31Cl2FN2O2. The van der Waals surface area contributed by atoms with E-state index in [-0.39, 0.29) is 30.7 Å². The number of nitrogens with zero attached hydrogens (tertiary/aromatic N) is 2. The molecule has 0 bridgehead atoms. The lowest BCUT2D eigenvalue weighted by atomic mass is 9.86. The maximum Gasteiger partial charge on any atom is 0.248 e. The lowest BCUT2D eigenvalue weighted by Crippen LogP contribution is -2.48. The van der Waals surface area contributed by atoms with Gasteiger partial charge >= 0.3 is 0 Å². The molecule has 2 heterocycles. The highest BCUT2D eigenvalue weighted by Crippen LogP contribution is 2.31. The molecule has 0 saturated carbocycles. The molecule has 2 aliphatic heterocycles. The number of likely N-dealkylation sites (tertiary alicyclic amines) is 2. The Kier molecular flexibility index (Phi) is 9.48. The first kappa shape index (κ1) is 23.4. The normalized spacial score (nSPS) is 21.8. The van der Waals surface area contributed by atoms with Crippen molar-refractivity contribution in [3.05, 3.63) is 34.6 Å². The lowest BCUT2D eigenvalue weighted by Gasteiger charge is -2.40. The van der Waals surface area contributed by atoms with Crippen LogP contribution >= 0.6 is 24.0 Å². The van der Waals surface area contributed by atoms with Crippen LogP contribution in [-0.2, 0) is 16.1 Å². The highest BCUT2D eigenvalue weighted by molar-refractivity contribution is 6.31. The van der Waals surface area contributed by atoms with Crippen LogP contribution in [0.2, 0.25) is 5.02 Å². The second-order valence-electron chi connectivity index (χ2n) is 7.75. The Labute approximate surface area is 178 Å². The Morgan fingerprint density at radius 2 is 1.93 bits per heavy atom. The summed E-state index contributed by atoms with van der Waals surface area (Å²) in [6, 6.07) is 5.18. The number of benzene rings is 1. The first-order valence-electron chi connectivity index (χ1n) is 10.0. The van der Waals surface area contributed by atoms with Gasteiger partial charge in [-0.05, 0) is 56.8 Å². The van der Waals surface area contributed by atoms with Gasteiger partial charge in [0.05, 0.1) is 0 Å². The van der Waals surface area contributed by atoms with E-state index in [4.69, 9.17) is 16.3 Å². The Morgan fingerprint density at radius 3 is 2.61 bits per heavy atom. The van der Waals surface area contributed by atoms with Gasteiger partial charge in [-0.2, -0.15) is 0 Å². The molecule has 3 rings (SSSR count). The topological polar surface area (TPSA) is 32.8 Å². The van der Waals surface area contributed by atoms with Crippen LogP contribution in [0.15, 0.2) is 18.2 Å². The maximum absolute atomic E-state index is 14.1. The molecule has 1 aromatic carbocycles. The zero-order valence-corrected chi connectivity index (χ0v) is 18.1. The average molecular weight is 433 g/mol. The predicted molar refractivity (Wildman–Crippen MR) is 113 cm³/mol. The number of methoxy groups -OCH3 is 1. The Balaban J connectivity index is 0.00000280. The second kappa shape index (κ2) is 11.3. The van der Waals surface area contributed by atoms with Gasteiger partial charge in [-0.15, -0.1) is 12.4 Å². The van der Waals surface area contributed by atoms with Gasteiger partial charge in [-0.3, -0.25) is 9.69 Å². The molecule has 4 nitrogen and oxygen atoms in total. The molecule has 0 radical (unpaired) electrons. The minimum Gasteiger partial charge on any atom is -0.375 e.